The molecule has 0 amide bonds. The van der Waals surface area contributed by atoms with Crippen molar-refractivity contribution in [1.82, 2.24) is 4.98 Å². The zero-order valence-electron chi connectivity index (χ0n) is 11.9. The number of hydrogen-bond acceptors (Lipinski definition) is 5. The van der Waals surface area contributed by atoms with Gasteiger partial charge in [0, 0.05) is 12.6 Å². The first-order valence-corrected chi connectivity index (χ1v) is 7.11. The minimum atomic E-state index is -1.20. The Morgan fingerprint density at radius 3 is 2.81 bits per heavy atom. The molecule has 1 fully saturated rings. The summed E-state index contributed by atoms with van der Waals surface area (Å²) in [5.74, 6) is -0.154. The topological polar surface area (TPSA) is 105 Å². The van der Waals surface area contributed by atoms with Gasteiger partial charge in [0.25, 0.3) is 0 Å². The number of nitrogens with one attached hydrogen (secondary N) is 1. The Morgan fingerprint density at radius 2 is 2.19 bits per heavy atom. The molecule has 1 aromatic heterocycles. The normalized spacial score (nSPS) is 21.8. The Morgan fingerprint density at radius 1 is 1.48 bits per heavy atom. The van der Waals surface area contributed by atoms with Crippen LogP contribution in [0.3, 0.4) is 0 Å². The molecule has 1 aliphatic carbocycles. The van der Waals surface area contributed by atoms with Gasteiger partial charge in [-0.25, -0.2) is 9.78 Å². The predicted molar refractivity (Wildman–Crippen MR) is 77.5 cm³/mol. The fourth-order valence-electron chi connectivity index (χ4n) is 2.77. The van der Waals surface area contributed by atoms with E-state index in [9.17, 15) is 14.9 Å². The monoisotopic (exact) mass is 293 g/mol. The van der Waals surface area contributed by atoms with Gasteiger partial charge in [0.1, 0.15) is 0 Å². The molecule has 21 heavy (non-hydrogen) atoms. The molecule has 0 spiro atoms. The third-order valence-electron chi connectivity index (χ3n) is 4.11. The van der Waals surface area contributed by atoms with E-state index in [4.69, 9.17) is 5.11 Å². The van der Waals surface area contributed by atoms with E-state index in [1.807, 2.05) is 0 Å². The van der Waals surface area contributed by atoms with Gasteiger partial charge in [-0.2, -0.15) is 0 Å². The van der Waals surface area contributed by atoms with Crippen molar-refractivity contribution < 1.29 is 14.8 Å². The first-order chi connectivity index (χ1) is 9.99. The maximum Gasteiger partial charge on any atom is 0.354 e. The van der Waals surface area contributed by atoms with Crippen LogP contribution in [-0.2, 0) is 0 Å². The van der Waals surface area contributed by atoms with Gasteiger partial charge < -0.3 is 10.4 Å². The molecule has 2 unspecified atom stereocenters. The summed E-state index contributed by atoms with van der Waals surface area (Å²) < 4.78 is 0. The average molecular weight is 293 g/mol. The molecule has 0 bridgehead atoms. The summed E-state index contributed by atoms with van der Waals surface area (Å²) in [6.45, 7) is 2.76. The van der Waals surface area contributed by atoms with Crippen LogP contribution in [0, 0.1) is 22.0 Å². The molecule has 7 nitrogen and oxygen atoms in total. The molecular formula is C14H19N3O4. The second-order valence-corrected chi connectivity index (χ2v) is 5.53. The second-order valence-electron chi connectivity index (χ2n) is 5.53. The van der Waals surface area contributed by atoms with Gasteiger partial charge >= 0.3 is 11.7 Å². The number of nitro groups is 1. The lowest BCUT2D eigenvalue weighted by Crippen LogP contribution is -2.25. The van der Waals surface area contributed by atoms with Crippen molar-refractivity contribution >= 4 is 17.5 Å². The zero-order chi connectivity index (χ0) is 15.4. The number of carboxylic acid groups (broad SMARTS) is 1. The Bertz CT molecular complexity index is 547. The van der Waals surface area contributed by atoms with Crippen LogP contribution < -0.4 is 5.32 Å². The summed E-state index contributed by atoms with van der Waals surface area (Å²) in [5.41, 5.74) is -0.386. The van der Waals surface area contributed by atoms with Gasteiger partial charge in [-0.1, -0.05) is 26.2 Å². The lowest BCUT2D eigenvalue weighted by Gasteiger charge is -2.28. The summed E-state index contributed by atoms with van der Waals surface area (Å²) in [5, 5.41) is 22.9. The van der Waals surface area contributed by atoms with Crippen molar-refractivity contribution in [1.29, 1.82) is 0 Å². The van der Waals surface area contributed by atoms with E-state index in [0.717, 1.165) is 18.9 Å². The zero-order valence-corrected chi connectivity index (χ0v) is 11.9. The Kier molecular flexibility index (Phi) is 4.72. The lowest BCUT2D eigenvalue weighted by atomic mass is 9.80. The average Bonchev–Trinajstić information content (AvgIpc) is 2.46. The summed E-state index contributed by atoms with van der Waals surface area (Å²) in [6.07, 6.45) is 4.64. The van der Waals surface area contributed by atoms with Crippen molar-refractivity contribution in [2.75, 3.05) is 11.9 Å². The van der Waals surface area contributed by atoms with Crippen LogP contribution in [0.2, 0.25) is 0 Å². The second kappa shape index (κ2) is 6.51. The van der Waals surface area contributed by atoms with Crippen LogP contribution in [-0.4, -0.2) is 27.5 Å². The molecule has 2 atom stereocenters. The molecule has 1 heterocycles. The maximum absolute atomic E-state index is 11.0. The third kappa shape index (κ3) is 3.68. The number of carbonyl (C=O) groups is 1. The molecule has 1 aliphatic rings. The first-order valence-electron chi connectivity index (χ1n) is 7.11. The van der Waals surface area contributed by atoms with Crippen LogP contribution in [0.5, 0.6) is 0 Å². The molecule has 114 valence electrons. The Balaban J connectivity index is 2.14. The molecule has 2 rings (SSSR count). The summed E-state index contributed by atoms with van der Waals surface area (Å²) >= 11 is 0. The molecule has 0 radical (unpaired) electrons. The standard InChI is InChI=1S/C14H19N3O4/c1-9-4-2-3-5-10(9)8-15-13-12(17(20)21)7-6-11(16-13)14(18)19/h6-7,9-10H,2-5,8H2,1H3,(H,15,16)(H,18,19). The van der Waals surface area contributed by atoms with Crippen molar-refractivity contribution in [2.45, 2.75) is 32.6 Å². The molecular weight excluding hydrogens is 274 g/mol. The number of anilines is 1. The summed E-state index contributed by atoms with van der Waals surface area (Å²) in [7, 11) is 0. The lowest BCUT2D eigenvalue weighted by molar-refractivity contribution is -0.384. The van der Waals surface area contributed by atoms with Gasteiger partial charge in [-0.15, -0.1) is 0 Å². The number of rotatable bonds is 5. The Hall–Kier alpha value is -2.18. The number of nitrogens with zero attached hydrogens (tertiary/aromatic N) is 2. The van der Waals surface area contributed by atoms with E-state index in [-0.39, 0.29) is 17.2 Å². The smallest absolute Gasteiger partial charge is 0.354 e. The first kappa shape index (κ1) is 15.2. The van der Waals surface area contributed by atoms with Crippen LogP contribution >= 0.6 is 0 Å². The minimum Gasteiger partial charge on any atom is -0.477 e. The number of pyridine rings is 1. The number of hydrogen-bond donors (Lipinski definition) is 2. The van der Waals surface area contributed by atoms with E-state index in [1.165, 1.54) is 18.9 Å². The SMILES string of the molecule is CC1CCCCC1CNc1nc(C(=O)O)ccc1[N+](=O)[O-]. The Labute approximate surface area is 122 Å². The highest BCUT2D eigenvalue weighted by atomic mass is 16.6. The highest BCUT2D eigenvalue weighted by Crippen LogP contribution is 2.30. The molecule has 7 heteroatoms. The quantitative estimate of drug-likeness (QED) is 0.638. The van der Waals surface area contributed by atoms with E-state index in [0.29, 0.717) is 18.4 Å². The van der Waals surface area contributed by atoms with E-state index < -0.39 is 10.9 Å². The van der Waals surface area contributed by atoms with Gasteiger partial charge in [0.05, 0.1) is 4.92 Å². The maximum atomic E-state index is 11.0. The van der Waals surface area contributed by atoms with Crippen molar-refractivity contribution in [3.8, 4) is 0 Å². The highest BCUT2D eigenvalue weighted by molar-refractivity contribution is 5.86. The van der Waals surface area contributed by atoms with Crippen molar-refractivity contribution in [3.63, 3.8) is 0 Å². The molecule has 2 N–H and O–H groups in total. The van der Waals surface area contributed by atoms with Gasteiger partial charge in [0.15, 0.2) is 5.69 Å². The fraction of sp³-hybridized carbons (Fsp3) is 0.571. The largest absolute Gasteiger partial charge is 0.477 e. The predicted octanol–water partition coefficient (Wildman–Crippen LogP) is 2.93. The highest BCUT2D eigenvalue weighted by Gasteiger charge is 2.23. The van der Waals surface area contributed by atoms with E-state index >= 15 is 0 Å². The molecule has 1 aromatic rings. The van der Waals surface area contributed by atoms with Gasteiger partial charge in [-0.3, -0.25) is 10.1 Å². The fourth-order valence-corrected chi connectivity index (χ4v) is 2.77. The molecule has 0 saturated heterocycles. The van der Waals surface area contributed by atoms with Gasteiger partial charge in [-0.05, 0) is 24.3 Å². The number of carboxylic acids is 1. The van der Waals surface area contributed by atoms with E-state index in [2.05, 4.69) is 17.2 Å². The van der Waals surface area contributed by atoms with Crippen LogP contribution in [0.1, 0.15) is 43.1 Å². The van der Waals surface area contributed by atoms with Gasteiger partial charge in [0.2, 0.25) is 5.82 Å². The van der Waals surface area contributed by atoms with Crippen molar-refractivity contribution in [3.05, 3.63) is 27.9 Å². The van der Waals surface area contributed by atoms with Crippen LogP contribution in [0.4, 0.5) is 11.5 Å². The third-order valence-corrected chi connectivity index (χ3v) is 4.11. The summed E-state index contributed by atoms with van der Waals surface area (Å²) in [4.78, 5) is 25.2. The minimum absolute atomic E-state index is 0.0395. The molecule has 0 aromatic carbocycles. The van der Waals surface area contributed by atoms with E-state index in [1.54, 1.807) is 0 Å². The number of aromatic carboxylic acids is 1. The van der Waals surface area contributed by atoms with Crippen molar-refractivity contribution in [2.24, 2.45) is 11.8 Å². The van der Waals surface area contributed by atoms with Crippen LogP contribution in [0.15, 0.2) is 12.1 Å². The molecule has 1 saturated carbocycles. The summed E-state index contributed by atoms with van der Waals surface area (Å²) in [6, 6.07) is 2.33. The van der Waals surface area contributed by atoms with Crippen LogP contribution in [0.25, 0.3) is 0 Å². The molecule has 0 aliphatic heterocycles. The number of aromatic nitrogens is 1.